The molecule has 1 aromatic rings. The summed E-state index contributed by atoms with van der Waals surface area (Å²) < 4.78 is 17.0. The summed E-state index contributed by atoms with van der Waals surface area (Å²) in [6.07, 6.45) is 41.2. The van der Waals surface area contributed by atoms with Gasteiger partial charge in [0, 0.05) is 39.1 Å². The van der Waals surface area contributed by atoms with Crippen LogP contribution in [0.15, 0.2) is 18.2 Å². The molecule has 0 fully saturated rings. The van der Waals surface area contributed by atoms with Gasteiger partial charge in [0.05, 0.1) is 43.7 Å². The van der Waals surface area contributed by atoms with E-state index in [9.17, 15) is 30.0 Å². The van der Waals surface area contributed by atoms with Crippen LogP contribution >= 0.6 is 0 Å². The molecule has 0 aliphatic rings. The summed E-state index contributed by atoms with van der Waals surface area (Å²) in [7, 11) is 1.47. The molecule has 0 heterocycles. The molecule has 4 atom stereocenters. The Balaban J connectivity index is 2.73. The Hall–Kier alpha value is -2.28. The number of methoxy groups -OCH3 is 1. The van der Waals surface area contributed by atoms with Gasteiger partial charge in [0.15, 0.2) is 11.5 Å². The zero-order valence-corrected chi connectivity index (χ0v) is 48.8. The number of aliphatic hydroxyl groups is 4. The van der Waals surface area contributed by atoms with E-state index in [2.05, 4.69) is 37.5 Å². The minimum absolute atomic E-state index is 0.148. The Kier molecular flexibility index (Phi) is 47.3. The van der Waals surface area contributed by atoms with Gasteiger partial charge in [-0.1, -0.05) is 233 Å². The second-order valence-electron chi connectivity index (χ2n) is 22.1. The lowest BCUT2D eigenvalue weighted by molar-refractivity contribution is -0.134. The lowest BCUT2D eigenvalue weighted by Crippen LogP contribution is -2.39. The van der Waals surface area contributed by atoms with Gasteiger partial charge in [0.25, 0.3) is 0 Å². The van der Waals surface area contributed by atoms with Crippen LogP contribution in [0.1, 0.15) is 288 Å². The summed E-state index contributed by atoms with van der Waals surface area (Å²) in [4.78, 5) is 30.7. The molecule has 0 saturated heterocycles. The van der Waals surface area contributed by atoms with E-state index >= 15 is 0 Å². The highest BCUT2D eigenvalue weighted by atomic mass is 16.6. The van der Waals surface area contributed by atoms with Gasteiger partial charge in [0.1, 0.15) is 0 Å². The first kappa shape index (κ1) is 69.7. The first-order chi connectivity index (χ1) is 36.1. The van der Waals surface area contributed by atoms with Crippen molar-refractivity contribution in [2.45, 2.75) is 303 Å². The molecular weight excluding hydrogens is 929 g/mol. The number of carbonyl (C=O) groups is 2. The van der Waals surface area contributed by atoms with Gasteiger partial charge in [-0.05, 0) is 63.3 Å². The first-order valence-corrected chi connectivity index (χ1v) is 31.3. The summed E-state index contributed by atoms with van der Waals surface area (Å²) in [5.74, 6) is -0.455. The second-order valence-corrected chi connectivity index (χ2v) is 22.1. The van der Waals surface area contributed by atoms with E-state index < -0.39 is 36.4 Å². The molecule has 4 N–H and O–H groups in total. The van der Waals surface area contributed by atoms with Crippen molar-refractivity contribution in [1.29, 1.82) is 0 Å². The Bertz CT molecular complexity index is 1360. The number of aliphatic hydroxyl groups excluding tert-OH is 4. The molecule has 11 nitrogen and oxygen atoms in total. The standard InChI is InChI=1S/C63H118N2O9/c1-6-10-14-18-22-26-30-34-40-56(66)51-64(52-57(67)41-35-31-27-23-19-15-11-7-2)47-38-44-62(70)74-60-46-45-55(50-61(60)72-5)63(71)73-49-39-48-65(53-58(68)42-36-32-28-24-20-16-12-8-3)54-59(69)43-37-33-29-25-21-17-13-9-4/h45-46,50,56-59,66-69H,6-44,47-49,51-54H2,1-5H3. The number of nitrogens with zero attached hydrogens (tertiary/aromatic N) is 2. The predicted octanol–water partition coefficient (Wildman–Crippen LogP) is 15.1. The summed E-state index contributed by atoms with van der Waals surface area (Å²) in [6.45, 7) is 12.2. The minimum Gasteiger partial charge on any atom is -0.493 e. The molecule has 0 aliphatic carbocycles. The van der Waals surface area contributed by atoms with Crippen molar-refractivity contribution < 1.29 is 44.2 Å². The van der Waals surface area contributed by atoms with Crippen LogP contribution in [0.3, 0.4) is 0 Å². The van der Waals surface area contributed by atoms with Crippen LogP contribution in [0.2, 0.25) is 0 Å². The number of esters is 2. The predicted molar refractivity (Wildman–Crippen MR) is 309 cm³/mol. The molecule has 0 amide bonds. The average Bonchev–Trinajstić information content (AvgIpc) is 3.38. The third-order valence-electron chi connectivity index (χ3n) is 14.8. The van der Waals surface area contributed by atoms with Crippen molar-refractivity contribution in [3.8, 4) is 11.5 Å². The Morgan fingerprint density at radius 3 is 1.09 bits per heavy atom. The van der Waals surface area contributed by atoms with E-state index in [0.29, 0.717) is 52.1 Å². The topological polar surface area (TPSA) is 149 Å². The van der Waals surface area contributed by atoms with E-state index in [1.807, 2.05) is 0 Å². The zero-order valence-electron chi connectivity index (χ0n) is 48.8. The van der Waals surface area contributed by atoms with Crippen LogP contribution in [0.4, 0.5) is 0 Å². The normalized spacial score (nSPS) is 13.4. The van der Waals surface area contributed by atoms with Crippen molar-refractivity contribution in [3.05, 3.63) is 23.8 Å². The van der Waals surface area contributed by atoms with Crippen LogP contribution in [-0.4, -0.2) is 120 Å². The fourth-order valence-electron chi connectivity index (χ4n) is 10.2. The molecule has 0 radical (unpaired) electrons. The van der Waals surface area contributed by atoms with Gasteiger partial charge in [0.2, 0.25) is 0 Å². The van der Waals surface area contributed by atoms with Crippen molar-refractivity contribution in [3.63, 3.8) is 0 Å². The fourth-order valence-corrected chi connectivity index (χ4v) is 10.2. The van der Waals surface area contributed by atoms with Gasteiger partial charge < -0.3 is 34.6 Å². The third-order valence-corrected chi connectivity index (χ3v) is 14.8. The molecule has 0 aromatic heterocycles. The highest BCUT2D eigenvalue weighted by Crippen LogP contribution is 2.29. The summed E-state index contributed by atoms with van der Waals surface area (Å²) in [5.41, 5.74) is 0.284. The van der Waals surface area contributed by atoms with Crippen LogP contribution in [0, 0.1) is 0 Å². The molecule has 0 spiro atoms. The largest absolute Gasteiger partial charge is 0.493 e. The lowest BCUT2D eigenvalue weighted by Gasteiger charge is -2.27. The van der Waals surface area contributed by atoms with Gasteiger partial charge in [-0.25, -0.2) is 4.79 Å². The number of benzene rings is 1. The van der Waals surface area contributed by atoms with Crippen molar-refractivity contribution in [2.75, 3.05) is 53.0 Å². The van der Waals surface area contributed by atoms with Crippen LogP contribution in [-0.2, 0) is 9.53 Å². The molecule has 434 valence electrons. The van der Waals surface area contributed by atoms with E-state index in [4.69, 9.17) is 14.2 Å². The van der Waals surface area contributed by atoms with Crippen molar-refractivity contribution in [1.82, 2.24) is 9.80 Å². The molecule has 11 heteroatoms. The minimum atomic E-state index is -0.508. The Labute approximate surface area is 455 Å². The number of rotatable bonds is 55. The van der Waals surface area contributed by atoms with Crippen LogP contribution < -0.4 is 9.47 Å². The molecule has 0 aliphatic heterocycles. The van der Waals surface area contributed by atoms with Gasteiger partial charge >= 0.3 is 11.9 Å². The third kappa shape index (κ3) is 40.9. The van der Waals surface area contributed by atoms with E-state index in [-0.39, 0.29) is 30.1 Å². The van der Waals surface area contributed by atoms with E-state index in [0.717, 1.165) is 77.0 Å². The maximum absolute atomic E-state index is 13.2. The van der Waals surface area contributed by atoms with Gasteiger partial charge in [-0.2, -0.15) is 0 Å². The Morgan fingerprint density at radius 2 is 0.757 bits per heavy atom. The highest BCUT2D eigenvalue weighted by molar-refractivity contribution is 5.90. The van der Waals surface area contributed by atoms with Crippen LogP contribution in [0.5, 0.6) is 11.5 Å². The summed E-state index contributed by atoms with van der Waals surface area (Å²) >= 11 is 0. The van der Waals surface area contributed by atoms with E-state index in [1.54, 1.807) is 12.1 Å². The van der Waals surface area contributed by atoms with Crippen LogP contribution in [0.25, 0.3) is 0 Å². The summed E-state index contributed by atoms with van der Waals surface area (Å²) in [6, 6.07) is 4.67. The van der Waals surface area contributed by atoms with Crippen molar-refractivity contribution in [2.24, 2.45) is 0 Å². The number of unbranched alkanes of at least 4 members (excludes halogenated alkanes) is 28. The smallest absolute Gasteiger partial charge is 0.338 e. The molecule has 1 rings (SSSR count). The quantitative estimate of drug-likeness (QED) is 0.0281. The summed E-state index contributed by atoms with van der Waals surface area (Å²) in [5, 5.41) is 44.1. The zero-order chi connectivity index (χ0) is 54.1. The van der Waals surface area contributed by atoms with Gasteiger partial charge in [-0.15, -0.1) is 0 Å². The monoisotopic (exact) mass is 1050 g/mol. The maximum Gasteiger partial charge on any atom is 0.338 e. The molecule has 0 bridgehead atoms. The first-order valence-electron chi connectivity index (χ1n) is 31.3. The fraction of sp³-hybridized carbons (Fsp3) is 0.873. The molecule has 4 unspecified atom stereocenters. The lowest BCUT2D eigenvalue weighted by atomic mass is 10.0. The average molecular weight is 1050 g/mol. The number of hydrogen-bond acceptors (Lipinski definition) is 11. The molecule has 74 heavy (non-hydrogen) atoms. The number of carbonyl (C=O) groups excluding carboxylic acids is 2. The number of hydrogen-bond donors (Lipinski definition) is 4. The van der Waals surface area contributed by atoms with Crippen molar-refractivity contribution >= 4 is 11.9 Å². The number of ether oxygens (including phenoxy) is 3. The highest BCUT2D eigenvalue weighted by Gasteiger charge is 2.20. The van der Waals surface area contributed by atoms with E-state index in [1.165, 1.54) is 167 Å². The molecule has 0 saturated carbocycles. The molecular formula is C63H118N2O9. The Morgan fingerprint density at radius 1 is 0.432 bits per heavy atom. The SMILES string of the molecule is CCCCCCCCCCC(O)CN(CCCOC(=O)c1ccc(OC(=O)CCCN(CC(O)CCCCCCCCCC)CC(O)CCCCCCCCCC)c(OC)c1)CC(O)CCCCCCCCCC. The van der Waals surface area contributed by atoms with Gasteiger partial charge in [-0.3, -0.25) is 14.6 Å². The second kappa shape index (κ2) is 50.2. The molecule has 1 aromatic carbocycles. The maximum atomic E-state index is 13.2.